The molecule has 44 heavy (non-hydrogen) atoms. The lowest BCUT2D eigenvalue weighted by Gasteiger charge is -2.46. The first-order valence-corrected chi connectivity index (χ1v) is 13.6. The summed E-state index contributed by atoms with van der Waals surface area (Å²) in [5.41, 5.74) is -1.13. The molecule has 15 heteroatoms. The lowest BCUT2D eigenvalue weighted by Crippen LogP contribution is -2.62. The van der Waals surface area contributed by atoms with E-state index in [1.54, 1.807) is 0 Å². The van der Waals surface area contributed by atoms with Gasteiger partial charge in [0, 0.05) is 24.6 Å². The van der Waals surface area contributed by atoms with E-state index in [1.807, 2.05) is 0 Å². The van der Waals surface area contributed by atoms with E-state index in [9.17, 15) is 50.4 Å². The Kier molecular flexibility index (Phi) is 8.84. The molecule has 0 bridgehead atoms. The van der Waals surface area contributed by atoms with Crippen LogP contribution in [0.4, 0.5) is 0 Å². The number of carbonyl (C=O) groups excluding carboxylic acids is 1. The number of esters is 1. The molecule has 0 radical (unpaired) electrons. The first kappa shape index (κ1) is 31.6. The average molecular weight is 621 g/mol. The van der Waals surface area contributed by atoms with Gasteiger partial charge in [-0.3, -0.25) is 9.59 Å². The maximum atomic E-state index is 13.2. The number of phenols is 3. The summed E-state index contributed by atoms with van der Waals surface area (Å²) in [4.78, 5) is 24.7. The Labute approximate surface area is 248 Å². The van der Waals surface area contributed by atoms with Crippen LogP contribution in [0.15, 0.2) is 45.6 Å². The van der Waals surface area contributed by atoms with E-state index in [-0.39, 0.29) is 22.5 Å². The Morgan fingerprint density at radius 3 is 2.18 bits per heavy atom. The molecule has 2 aromatic carbocycles. The van der Waals surface area contributed by atoms with Gasteiger partial charge in [-0.15, -0.1) is 0 Å². The van der Waals surface area contributed by atoms with Crippen LogP contribution >= 0.6 is 0 Å². The van der Waals surface area contributed by atoms with Crippen molar-refractivity contribution in [1.82, 2.24) is 0 Å². The number of rotatable bonds is 6. The Bertz CT molecular complexity index is 1570. The molecule has 5 rings (SSSR count). The molecule has 0 spiro atoms. The van der Waals surface area contributed by atoms with Gasteiger partial charge < -0.3 is 64.2 Å². The fourth-order valence-electron chi connectivity index (χ4n) is 5.47. The number of hydrogen-bond donors (Lipinski definition) is 8. The second-order valence-electron chi connectivity index (χ2n) is 10.7. The fourth-order valence-corrected chi connectivity index (χ4v) is 5.47. The largest absolute Gasteiger partial charge is 0.508 e. The molecule has 2 fully saturated rings. The Morgan fingerprint density at radius 2 is 1.55 bits per heavy atom. The minimum Gasteiger partial charge on any atom is -0.508 e. The van der Waals surface area contributed by atoms with E-state index in [1.165, 1.54) is 31.2 Å². The van der Waals surface area contributed by atoms with Gasteiger partial charge in [-0.25, -0.2) is 0 Å². The maximum Gasteiger partial charge on any atom is 0.303 e. The number of aliphatic hydroxyl groups excluding tert-OH is 5. The molecule has 1 aromatic heterocycles. The molecule has 3 aromatic rings. The molecule has 3 heterocycles. The summed E-state index contributed by atoms with van der Waals surface area (Å²) in [5.74, 6) is -2.18. The van der Waals surface area contributed by atoms with Gasteiger partial charge in [0.15, 0.2) is 23.4 Å². The zero-order valence-electron chi connectivity index (χ0n) is 23.4. The molecule has 15 nitrogen and oxygen atoms in total. The van der Waals surface area contributed by atoms with Crippen LogP contribution < -0.4 is 5.43 Å². The molecule has 10 atom stereocenters. The Morgan fingerprint density at radius 1 is 0.886 bits per heavy atom. The van der Waals surface area contributed by atoms with Gasteiger partial charge in [-0.2, -0.15) is 0 Å². The van der Waals surface area contributed by atoms with Crippen molar-refractivity contribution in [2.24, 2.45) is 0 Å². The molecule has 2 saturated heterocycles. The second-order valence-corrected chi connectivity index (χ2v) is 10.7. The minimum atomic E-state index is -1.88. The van der Waals surface area contributed by atoms with Gasteiger partial charge in [0.25, 0.3) is 0 Å². The Hall–Kier alpha value is -3.80. The number of benzene rings is 2. The standard InChI is InChI=1S/C29H32O15/c1-10-25(41-11(2)31)23(38)24(39)29(40-10)44-28-22(37)21(36)18(9-30)43-27(28)20-15(34)7-14(33)19-16(35)8-17(42-26(19)20)12-3-5-13(32)6-4-12/h3-8,10,18,21-25,27-30,32-34,36-39H,9H2,1-2H3/t10-,18+,21+,22-,23-,24+,25-,27-,28+,29-/m0/s1. The number of fused-ring (bicyclic) bond motifs is 1. The number of carbonyl (C=O) groups is 1. The van der Waals surface area contributed by atoms with Crippen LogP contribution in [0, 0.1) is 0 Å². The van der Waals surface area contributed by atoms with Gasteiger partial charge >= 0.3 is 5.97 Å². The number of hydrogen-bond acceptors (Lipinski definition) is 15. The highest BCUT2D eigenvalue weighted by molar-refractivity contribution is 5.89. The van der Waals surface area contributed by atoms with Gasteiger partial charge in [0.05, 0.1) is 18.3 Å². The van der Waals surface area contributed by atoms with Crippen molar-refractivity contribution in [2.45, 2.75) is 75.1 Å². The molecule has 238 valence electrons. The summed E-state index contributed by atoms with van der Waals surface area (Å²) in [7, 11) is 0. The second kappa shape index (κ2) is 12.3. The number of ether oxygens (including phenoxy) is 4. The van der Waals surface area contributed by atoms with Crippen LogP contribution in [-0.4, -0.2) is 109 Å². The summed E-state index contributed by atoms with van der Waals surface area (Å²) in [6.07, 6.45) is -16.0. The van der Waals surface area contributed by atoms with E-state index < -0.39 is 96.3 Å². The van der Waals surface area contributed by atoms with E-state index in [2.05, 4.69) is 0 Å². The molecule has 0 aliphatic carbocycles. The molecule has 2 aliphatic rings. The smallest absolute Gasteiger partial charge is 0.303 e. The summed E-state index contributed by atoms with van der Waals surface area (Å²) < 4.78 is 28.4. The normalized spacial score (nSPS) is 32.4. The zero-order valence-corrected chi connectivity index (χ0v) is 23.4. The topological polar surface area (TPSA) is 246 Å². The van der Waals surface area contributed by atoms with Crippen LogP contribution in [0.2, 0.25) is 0 Å². The molecular formula is C29H32O15. The predicted octanol–water partition coefficient (Wildman–Crippen LogP) is -0.486. The van der Waals surface area contributed by atoms with Crippen molar-refractivity contribution >= 4 is 16.9 Å². The van der Waals surface area contributed by atoms with Crippen molar-refractivity contribution in [3.05, 3.63) is 52.2 Å². The van der Waals surface area contributed by atoms with Crippen LogP contribution in [0.5, 0.6) is 17.2 Å². The predicted molar refractivity (Wildman–Crippen MR) is 146 cm³/mol. The average Bonchev–Trinajstić information content (AvgIpc) is 2.96. The van der Waals surface area contributed by atoms with Gasteiger partial charge in [-0.1, -0.05) is 0 Å². The van der Waals surface area contributed by atoms with E-state index >= 15 is 0 Å². The van der Waals surface area contributed by atoms with Gasteiger partial charge in [0.1, 0.15) is 71.1 Å². The molecule has 0 unspecified atom stereocenters. The molecular weight excluding hydrogens is 588 g/mol. The van der Waals surface area contributed by atoms with Crippen LogP contribution in [0.1, 0.15) is 25.5 Å². The minimum absolute atomic E-state index is 0.0409. The fraction of sp³-hybridized carbons (Fsp3) is 0.448. The summed E-state index contributed by atoms with van der Waals surface area (Å²) in [6, 6.07) is 7.49. The monoisotopic (exact) mass is 620 g/mol. The SMILES string of the molecule is CC(=O)O[C@@H]1[C@@H](O)[C@@H](O)[C@H](O[C@@H]2[C@@H](O)[C@H](O)[C@@H](CO)O[C@H]2c2c(O)cc(O)c3c(=O)cc(-c4ccc(O)cc4)oc23)O[C@H]1C. The lowest BCUT2D eigenvalue weighted by atomic mass is 9.89. The van der Waals surface area contributed by atoms with Crippen LogP contribution in [-0.2, 0) is 23.7 Å². The quantitative estimate of drug-likeness (QED) is 0.162. The number of aliphatic hydroxyl groups is 5. The number of aromatic hydroxyl groups is 3. The van der Waals surface area contributed by atoms with Crippen molar-refractivity contribution < 1.29 is 69.0 Å². The molecule has 0 saturated carbocycles. The highest BCUT2D eigenvalue weighted by Gasteiger charge is 2.52. The third-order valence-electron chi connectivity index (χ3n) is 7.67. The zero-order chi connectivity index (χ0) is 32.0. The Balaban J connectivity index is 1.62. The van der Waals surface area contributed by atoms with Crippen molar-refractivity contribution in [3.8, 4) is 28.6 Å². The van der Waals surface area contributed by atoms with Gasteiger partial charge in [0.2, 0.25) is 0 Å². The highest BCUT2D eigenvalue weighted by atomic mass is 16.7. The first-order chi connectivity index (χ1) is 20.8. The van der Waals surface area contributed by atoms with Crippen molar-refractivity contribution in [2.75, 3.05) is 6.61 Å². The van der Waals surface area contributed by atoms with E-state index in [0.717, 1.165) is 19.1 Å². The van der Waals surface area contributed by atoms with Gasteiger partial charge in [-0.05, 0) is 31.2 Å². The third kappa shape index (κ3) is 5.71. The third-order valence-corrected chi connectivity index (χ3v) is 7.67. The van der Waals surface area contributed by atoms with E-state index in [4.69, 9.17) is 23.4 Å². The lowest BCUT2D eigenvalue weighted by molar-refractivity contribution is -0.338. The van der Waals surface area contributed by atoms with Crippen LogP contribution in [0.25, 0.3) is 22.3 Å². The molecule has 0 amide bonds. The molecule has 8 N–H and O–H groups in total. The summed E-state index contributed by atoms with van der Waals surface area (Å²) >= 11 is 0. The summed E-state index contributed by atoms with van der Waals surface area (Å²) in [5, 5.41) is 84.0. The summed E-state index contributed by atoms with van der Waals surface area (Å²) in [6.45, 7) is 1.73. The van der Waals surface area contributed by atoms with Crippen molar-refractivity contribution in [3.63, 3.8) is 0 Å². The van der Waals surface area contributed by atoms with E-state index in [0.29, 0.717) is 5.56 Å². The number of phenolic OH excluding ortho intramolecular Hbond substituents is 3. The molecule has 2 aliphatic heterocycles. The van der Waals surface area contributed by atoms with Crippen molar-refractivity contribution in [1.29, 1.82) is 0 Å². The van der Waals surface area contributed by atoms with Crippen LogP contribution in [0.3, 0.4) is 0 Å². The highest BCUT2D eigenvalue weighted by Crippen LogP contribution is 2.45. The maximum absolute atomic E-state index is 13.2. The first-order valence-electron chi connectivity index (χ1n) is 13.6.